The van der Waals surface area contributed by atoms with Gasteiger partial charge < -0.3 is 10.7 Å². The number of allylic oxidation sites excluding steroid dienone is 1. The summed E-state index contributed by atoms with van der Waals surface area (Å²) in [6.07, 6.45) is 4.67. The predicted octanol–water partition coefficient (Wildman–Crippen LogP) is 3.59. The zero-order valence-electron chi connectivity index (χ0n) is 10.6. The average Bonchev–Trinajstić information content (AvgIpc) is 2.13. The minimum atomic E-state index is 0.157. The molecule has 2 N–H and O–H groups in total. The zero-order chi connectivity index (χ0) is 11.8. The molecule has 0 fully saturated rings. The maximum Gasteiger partial charge on any atom is 0.0608 e. The lowest BCUT2D eigenvalue weighted by molar-refractivity contribution is 0.503. The molecule has 0 aliphatic heterocycles. The zero-order valence-corrected chi connectivity index (χ0v) is 10.6. The molecule has 0 aromatic rings. The summed E-state index contributed by atoms with van der Waals surface area (Å²) in [6, 6.07) is 0.157. The average molecular weight is 210 g/mol. The SMILES string of the molecule is C=C(CCC(C)C)NC(C=N)CC(C)C. The van der Waals surface area contributed by atoms with E-state index in [-0.39, 0.29) is 6.04 Å². The molecule has 0 bridgehead atoms. The first kappa shape index (κ1) is 14.2. The fourth-order valence-electron chi connectivity index (χ4n) is 1.47. The topological polar surface area (TPSA) is 35.9 Å². The predicted molar refractivity (Wildman–Crippen MR) is 68.4 cm³/mol. The van der Waals surface area contributed by atoms with Gasteiger partial charge in [0, 0.05) is 11.9 Å². The van der Waals surface area contributed by atoms with Crippen LogP contribution in [-0.2, 0) is 0 Å². The number of rotatable bonds is 8. The molecule has 1 atom stereocenters. The molecule has 0 aliphatic rings. The molecular weight excluding hydrogens is 184 g/mol. The van der Waals surface area contributed by atoms with Crippen molar-refractivity contribution in [3.8, 4) is 0 Å². The maximum absolute atomic E-state index is 7.33. The molecule has 15 heavy (non-hydrogen) atoms. The summed E-state index contributed by atoms with van der Waals surface area (Å²) in [5.41, 5.74) is 1.07. The first-order chi connectivity index (χ1) is 6.95. The Kier molecular flexibility index (Phi) is 7.10. The molecule has 0 radical (unpaired) electrons. The Bertz CT molecular complexity index is 195. The van der Waals surface area contributed by atoms with Gasteiger partial charge in [0.2, 0.25) is 0 Å². The summed E-state index contributed by atoms with van der Waals surface area (Å²) in [6.45, 7) is 12.8. The summed E-state index contributed by atoms with van der Waals surface area (Å²) in [7, 11) is 0. The Hall–Kier alpha value is -0.790. The van der Waals surface area contributed by atoms with Crippen LogP contribution in [0, 0.1) is 17.2 Å². The largest absolute Gasteiger partial charge is 0.381 e. The minimum absolute atomic E-state index is 0.157. The van der Waals surface area contributed by atoms with Crippen molar-refractivity contribution in [2.75, 3.05) is 0 Å². The molecule has 0 amide bonds. The first-order valence-electron chi connectivity index (χ1n) is 5.90. The molecule has 0 saturated heterocycles. The fraction of sp³-hybridized carbons (Fsp3) is 0.769. The second kappa shape index (κ2) is 7.49. The highest BCUT2D eigenvalue weighted by atomic mass is 14.9. The van der Waals surface area contributed by atoms with Crippen LogP contribution in [0.4, 0.5) is 0 Å². The van der Waals surface area contributed by atoms with Crippen LogP contribution in [0.5, 0.6) is 0 Å². The van der Waals surface area contributed by atoms with Crippen molar-refractivity contribution in [3.05, 3.63) is 12.3 Å². The van der Waals surface area contributed by atoms with Crippen LogP contribution in [0.2, 0.25) is 0 Å². The van der Waals surface area contributed by atoms with Crippen LogP contribution in [0.1, 0.15) is 47.0 Å². The van der Waals surface area contributed by atoms with E-state index in [4.69, 9.17) is 5.41 Å². The third-order valence-electron chi connectivity index (χ3n) is 2.34. The van der Waals surface area contributed by atoms with Crippen molar-refractivity contribution in [1.29, 1.82) is 5.41 Å². The van der Waals surface area contributed by atoms with Crippen molar-refractivity contribution in [2.24, 2.45) is 11.8 Å². The third kappa shape index (κ3) is 8.22. The van der Waals surface area contributed by atoms with Crippen LogP contribution in [0.25, 0.3) is 0 Å². The Labute approximate surface area is 94.7 Å². The highest BCUT2D eigenvalue weighted by Gasteiger charge is 2.08. The molecule has 0 saturated carbocycles. The van der Waals surface area contributed by atoms with E-state index in [9.17, 15) is 0 Å². The van der Waals surface area contributed by atoms with Gasteiger partial charge in [-0.25, -0.2) is 0 Å². The highest BCUT2D eigenvalue weighted by Crippen LogP contribution is 2.10. The van der Waals surface area contributed by atoms with Gasteiger partial charge in [0.15, 0.2) is 0 Å². The van der Waals surface area contributed by atoms with Gasteiger partial charge in [-0.05, 0) is 31.1 Å². The second-order valence-corrected chi connectivity index (χ2v) is 5.08. The van der Waals surface area contributed by atoms with Crippen LogP contribution in [0.3, 0.4) is 0 Å². The van der Waals surface area contributed by atoms with Gasteiger partial charge >= 0.3 is 0 Å². The van der Waals surface area contributed by atoms with Crippen molar-refractivity contribution in [3.63, 3.8) is 0 Å². The summed E-state index contributed by atoms with van der Waals surface area (Å²) >= 11 is 0. The minimum Gasteiger partial charge on any atom is -0.381 e. The first-order valence-corrected chi connectivity index (χ1v) is 5.90. The molecule has 2 nitrogen and oxygen atoms in total. The molecular formula is C13H26N2. The molecule has 0 aromatic carbocycles. The Morgan fingerprint density at radius 2 is 1.87 bits per heavy atom. The lowest BCUT2D eigenvalue weighted by atomic mass is 10.0. The normalized spacial score (nSPS) is 12.9. The van der Waals surface area contributed by atoms with E-state index in [2.05, 4.69) is 39.6 Å². The highest BCUT2D eigenvalue weighted by molar-refractivity contribution is 5.61. The Morgan fingerprint density at radius 1 is 1.27 bits per heavy atom. The molecule has 88 valence electrons. The smallest absolute Gasteiger partial charge is 0.0608 e. The van der Waals surface area contributed by atoms with E-state index >= 15 is 0 Å². The van der Waals surface area contributed by atoms with Crippen molar-refractivity contribution < 1.29 is 0 Å². The van der Waals surface area contributed by atoms with Crippen LogP contribution in [0.15, 0.2) is 12.3 Å². The molecule has 0 heterocycles. The van der Waals surface area contributed by atoms with E-state index in [1.54, 1.807) is 0 Å². The number of hydrogen-bond donors (Lipinski definition) is 2. The van der Waals surface area contributed by atoms with Gasteiger partial charge in [-0.1, -0.05) is 34.3 Å². The van der Waals surface area contributed by atoms with E-state index in [0.29, 0.717) is 11.8 Å². The van der Waals surface area contributed by atoms with Crippen molar-refractivity contribution in [1.82, 2.24) is 5.32 Å². The summed E-state index contributed by atoms with van der Waals surface area (Å²) in [5, 5.41) is 10.7. The van der Waals surface area contributed by atoms with Crippen LogP contribution >= 0.6 is 0 Å². The quantitative estimate of drug-likeness (QED) is 0.590. The van der Waals surface area contributed by atoms with Gasteiger partial charge in [-0.15, -0.1) is 0 Å². The van der Waals surface area contributed by atoms with E-state index in [1.807, 2.05) is 0 Å². The summed E-state index contributed by atoms with van der Waals surface area (Å²) < 4.78 is 0. The summed E-state index contributed by atoms with van der Waals surface area (Å²) in [4.78, 5) is 0. The molecule has 0 spiro atoms. The molecule has 0 rings (SSSR count). The fourth-order valence-corrected chi connectivity index (χ4v) is 1.47. The van der Waals surface area contributed by atoms with Crippen LogP contribution in [-0.4, -0.2) is 12.3 Å². The lowest BCUT2D eigenvalue weighted by Crippen LogP contribution is -2.30. The third-order valence-corrected chi connectivity index (χ3v) is 2.34. The molecule has 0 aromatic heterocycles. The Morgan fingerprint density at radius 3 is 2.27 bits per heavy atom. The van der Waals surface area contributed by atoms with Gasteiger partial charge in [-0.3, -0.25) is 0 Å². The Balaban J connectivity index is 3.85. The van der Waals surface area contributed by atoms with E-state index in [1.165, 1.54) is 6.21 Å². The monoisotopic (exact) mass is 210 g/mol. The molecule has 0 aliphatic carbocycles. The lowest BCUT2D eigenvalue weighted by Gasteiger charge is -2.19. The number of hydrogen-bond acceptors (Lipinski definition) is 2. The van der Waals surface area contributed by atoms with Gasteiger partial charge in [-0.2, -0.15) is 0 Å². The maximum atomic E-state index is 7.33. The molecule has 2 heteroatoms. The van der Waals surface area contributed by atoms with Gasteiger partial charge in [0.1, 0.15) is 0 Å². The summed E-state index contributed by atoms with van der Waals surface area (Å²) in [5.74, 6) is 1.33. The van der Waals surface area contributed by atoms with Crippen LogP contribution < -0.4 is 5.32 Å². The second-order valence-electron chi connectivity index (χ2n) is 5.08. The van der Waals surface area contributed by atoms with Gasteiger partial charge in [0.05, 0.1) is 6.04 Å². The standard InChI is InChI=1S/C13H26N2/c1-10(2)6-7-12(5)15-13(9-14)8-11(3)4/h9-11,13-15H,5-8H2,1-4H3. The van der Waals surface area contributed by atoms with Crippen molar-refractivity contribution >= 4 is 6.21 Å². The van der Waals surface area contributed by atoms with Crippen molar-refractivity contribution in [2.45, 2.75) is 53.0 Å². The molecule has 1 unspecified atom stereocenters. The van der Waals surface area contributed by atoms with E-state index in [0.717, 1.165) is 25.0 Å². The van der Waals surface area contributed by atoms with Gasteiger partial charge in [0.25, 0.3) is 0 Å². The number of nitrogens with one attached hydrogen (secondary N) is 2. The van der Waals surface area contributed by atoms with E-state index < -0.39 is 0 Å².